The minimum absolute atomic E-state index is 0.349. The standard InChI is InChI=1S/C9H10N4/c1-2-6-8(10-3-1)9-7(4-11-6)12-5-13-9/h1-3,7,11-12H,4-5H2. The first-order valence-corrected chi connectivity index (χ1v) is 4.42. The molecule has 0 radical (unpaired) electrons. The van der Waals surface area contributed by atoms with Gasteiger partial charge < -0.3 is 5.32 Å². The molecule has 66 valence electrons. The molecule has 2 aliphatic heterocycles. The first kappa shape index (κ1) is 7.03. The van der Waals surface area contributed by atoms with E-state index in [2.05, 4.69) is 20.6 Å². The minimum atomic E-state index is 0.349. The van der Waals surface area contributed by atoms with Crippen molar-refractivity contribution in [2.24, 2.45) is 4.99 Å². The summed E-state index contributed by atoms with van der Waals surface area (Å²) in [6.45, 7) is 1.63. The Bertz CT molecular complexity index is 372. The molecule has 2 N–H and O–H groups in total. The van der Waals surface area contributed by atoms with Crippen molar-refractivity contribution in [3.8, 4) is 0 Å². The summed E-state index contributed by atoms with van der Waals surface area (Å²) in [5.41, 5.74) is 3.21. The van der Waals surface area contributed by atoms with Gasteiger partial charge in [-0.2, -0.15) is 0 Å². The molecule has 0 aliphatic carbocycles. The molecule has 4 heteroatoms. The van der Waals surface area contributed by atoms with Crippen LogP contribution in [0.2, 0.25) is 0 Å². The number of aliphatic imine (C=N–C) groups is 1. The molecule has 1 atom stereocenters. The molecule has 0 amide bonds. The van der Waals surface area contributed by atoms with E-state index in [9.17, 15) is 0 Å². The van der Waals surface area contributed by atoms with Crippen molar-refractivity contribution in [1.82, 2.24) is 10.3 Å². The molecule has 0 fully saturated rings. The summed E-state index contributed by atoms with van der Waals surface area (Å²) < 4.78 is 0. The molecule has 4 nitrogen and oxygen atoms in total. The van der Waals surface area contributed by atoms with Crippen LogP contribution in [-0.2, 0) is 0 Å². The molecule has 0 bridgehead atoms. The van der Waals surface area contributed by atoms with Crippen molar-refractivity contribution in [1.29, 1.82) is 0 Å². The highest BCUT2D eigenvalue weighted by molar-refractivity contribution is 6.09. The third-order valence-electron chi connectivity index (χ3n) is 2.46. The van der Waals surface area contributed by atoms with Crippen LogP contribution in [0.5, 0.6) is 0 Å². The van der Waals surface area contributed by atoms with Gasteiger partial charge in [0.25, 0.3) is 0 Å². The first-order chi connectivity index (χ1) is 6.45. The van der Waals surface area contributed by atoms with Crippen molar-refractivity contribution in [3.63, 3.8) is 0 Å². The normalized spacial score (nSPS) is 24.3. The number of pyridine rings is 1. The number of nitrogens with one attached hydrogen (secondary N) is 2. The van der Waals surface area contributed by atoms with Crippen LogP contribution in [0.4, 0.5) is 5.69 Å². The third kappa shape index (κ3) is 0.954. The smallest absolute Gasteiger partial charge is 0.109 e. The van der Waals surface area contributed by atoms with E-state index in [-0.39, 0.29) is 0 Å². The molecular weight excluding hydrogens is 164 g/mol. The topological polar surface area (TPSA) is 49.3 Å². The van der Waals surface area contributed by atoms with Crippen LogP contribution < -0.4 is 10.6 Å². The second-order valence-electron chi connectivity index (χ2n) is 3.24. The summed E-state index contributed by atoms with van der Waals surface area (Å²) in [6, 6.07) is 4.33. The largest absolute Gasteiger partial charge is 0.381 e. The van der Waals surface area contributed by atoms with Gasteiger partial charge in [0.15, 0.2) is 0 Å². The van der Waals surface area contributed by atoms with Gasteiger partial charge in [0.05, 0.1) is 24.1 Å². The molecule has 0 aromatic carbocycles. The fraction of sp³-hybridized carbons (Fsp3) is 0.333. The summed E-state index contributed by atoms with van der Waals surface area (Å²) in [6.07, 6.45) is 1.81. The summed E-state index contributed by atoms with van der Waals surface area (Å²) in [5.74, 6) is 0. The molecule has 0 saturated heterocycles. The minimum Gasteiger partial charge on any atom is -0.381 e. The molecule has 3 heterocycles. The van der Waals surface area contributed by atoms with Crippen LogP contribution in [-0.4, -0.2) is 30.0 Å². The predicted octanol–water partition coefficient (Wildman–Crippen LogP) is 0.225. The second kappa shape index (κ2) is 2.53. The quantitative estimate of drug-likeness (QED) is 0.591. The maximum atomic E-state index is 4.40. The zero-order valence-corrected chi connectivity index (χ0v) is 7.12. The monoisotopic (exact) mass is 174 g/mol. The van der Waals surface area contributed by atoms with Gasteiger partial charge in [0, 0.05) is 12.7 Å². The Balaban J connectivity index is 2.15. The molecule has 2 aliphatic rings. The SMILES string of the molecule is c1cnc2c(c1)NCC1NCN=C21. The lowest BCUT2D eigenvalue weighted by atomic mass is 10.0. The molecule has 0 saturated carbocycles. The van der Waals surface area contributed by atoms with Crippen LogP contribution in [0.15, 0.2) is 23.3 Å². The summed E-state index contributed by atoms with van der Waals surface area (Å²) >= 11 is 0. The van der Waals surface area contributed by atoms with Crippen molar-refractivity contribution < 1.29 is 0 Å². The van der Waals surface area contributed by atoms with Crippen molar-refractivity contribution >= 4 is 11.4 Å². The van der Waals surface area contributed by atoms with Crippen LogP contribution in [0, 0.1) is 0 Å². The molecule has 1 unspecified atom stereocenters. The summed E-state index contributed by atoms with van der Waals surface area (Å²) in [4.78, 5) is 8.73. The Morgan fingerprint density at radius 2 is 2.46 bits per heavy atom. The van der Waals surface area contributed by atoms with Crippen LogP contribution in [0.3, 0.4) is 0 Å². The van der Waals surface area contributed by atoms with Gasteiger partial charge in [0.2, 0.25) is 0 Å². The third-order valence-corrected chi connectivity index (χ3v) is 2.46. The van der Waals surface area contributed by atoms with Gasteiger partial charge in [-0.1, -0.05) is 0 Å². The molecule has 0 spiro atoms. The van der Waals surface area contributed by atoms with Crippen LogP contribution in [0.1, 0.15) is 5.69 Å². The Labute approximate surface area is 76.1 Å². The number of aromatic nitrogens is 1. The number of nitrogens with zero attached hydrogens (tertiary/aromatic N) is 2. The molecular formula is C9H10N4. The van der Waals surface area contributed by atoms with Gasteiger partial charge in [-0.15, -0.1) is 0 Å². The zero-order chi connectivity index (χ0) is 8.67. The highest BCUT2D eigenvalue weighted by atomic mass is 15.2. The van der Waals surface area contributed by atoms with Gasteiger partial charge in [-0.25, -0.2) is 0 Å². The van der Waals surface area contributed by atoms with Crippen molar-refractivity contribution in [3.05, 3.63) is 24.0 Å². The van der Waals surface area contributed by atoms with Crippen molar-refractivity contribution in [2.45, 2.75) is 6.04 Å². The van der Waals surface area contributed by atoms with Crippen LogP contribution in [0.25, 0.3) is 0 Å². The Kier molecular flexibility index (Phi) is 1.37. The van der Waals surface area contributed by atoms with E-state index in [0.717, 1.165) is 30.3 Å². The van der Waals surface area contributed by atoms with Gasteiger partial charge in [-0.3, -0.25) is 15.3 Å². The van der Waals surface area contributed by atoms with Gasteiger partial charge in [-0.05, 0) is 12.1 Å². The lowest BCUT2D eigenvalue weighted by Gasteiger charge is -2.22. The summed E-state index contributed by atoms with van der Waals surface area (Å²) in [5, 5.41) is 6.62. The Morgan fingerprint density at radius 3 is 3.46 bits per heavy atom. The zero-order valence-electron chi connectivity index (χ0n) is 7.12. The molecule has 1 aromatic rings. The van der Waals surface area contributed by atoms with E-state index in [1.165, 1.54) is 0 Å². The first-order valence-electron chi connectivity index (χ1n) is 4.42. The number of rotatable bonds is 0. The predicted molar refractivity (Wildman–Crippen MR) is 51.1 cm³/mol. The van der Waals surface area contributed by atoms with E-state index < -0.39 is 0 Å². The Morgan fingerprint density at radius 1 is 1.46 bits per heavy atom. The maximum Gasteiger partial charge on any atom is 0.109 e. The average molecular weight is 174 g/mol. The van der Waals surface area contributed by atoms with E-state index in [4.69, 9.17) is 0 Å². The number of anilines is 1. The van der Waals surface area contributed by atoms with E-state index in [1.807, 2.05) is 18.3 Å². The second-order valence-corrected chi connectivity index (χ2v) is 3.24. The van der Waals surface area contributed by atoms with Crippen LogP contribution >= 0.6 is 0 Å². The molecule has 3 rings (SSSR count). The highest BCUT2D eigenvalue weighted by Gasteiger charge is 2.28. The van der Waals surface area contributed by atoms with E-state index >= 15 is 0 Å². The highest BCUT2D eigenvalue weighted by Crippen LogP contribution is 2.21. The van der Waals surface area contributed by atoms with Gasteiger partial charge in [0.1, 0.15) is 5.69 Å². The number of hydrogen-bond acceptors (Lipinski definition) is 4. The van der Waals surface area contributed by atoms with E-state index in [0.29, 0.717) is 6.04 Å². The lowest BCUT2D eigenvalue weighted by molar-refractivity contribution is 0.694. The summed E-state index contributed by atoms with van der Waals surface area (Å²) in [7, 11) is 0. The average Bonchev–Trinajstić information content (AvgIpc) is 2.65. The Hall–Kier alpha value is -1.42. The molecule has 1 aromatic heterocycles. The lowest BCUT2D eigenvalue weighted by Crippen LogP contribution is -2.41. The van der Waals surface area contributed by atoms with Crippen molar-refractivity contribution in [2.75, 3.05) is 18.5 Å². The number of fused-ring (bicyclic) bond motifs is 3. The van der Waals surface area contributed by atoms with E-state index in [1.54, 1.807) is 0 Å². The number of hydrogen-bond donors (Lipinski definition) is 2. The maximum absolute atomic E-state index is 4.40. The molecule has 13 heavy (non-hydrogen) atoms. The van der Waals surface area contributed by atoms with Gasteiger partial charge >= 0.3 is 0 Å². The fourth-order valence-electron chi connectivity index (χ4n) is 1.82. The fourth-order valence-corrected chi connectivity index (χ4v) is 1.82.